The maximum Gasteiger partial charge on any atom is 0.241 e. The van der Waals surface area contributed by atoms with Gasteiger partial charge in [0.2, 0.25) is 5.91 Å². The molecule has 0 spiro atoms. The minimum atomic E-state index is -0.587. The summed E-state index contributed by atoms with van der Waals surface area (Å²) in [6, 6.07) is 20.0. The molecule has 5 nitrogen and oxygen atoms in total. The summed E-state index contributed by atoms with van der Waals surface area (Å²) in [6.45, 7) is 3.50. The number of carbonyl (C=O) groups is 1. The van der Waals surface area contributed by atoms with Crippen molar-refractivity contribution in [1.29, 1.82) is 0 Å². The van der Waals surface area contributed by atoms with Crippen molar-refractivity contribution in [2.24, 2.45) is 5.73 Å². The molecule has 162 valence electrons. The normalized spacial score (nSPS) is 16.7. The number of aromatic nitrogens is 2. The number of hydrogen-bond acceptors (Lipinski definition) is 4. The Hall–Kier alpha value is -2.57. The molecule has 0 aliphatic carbocycles. The third-order valence-corrected chi connectivity index (χ3v) is 6.35. The van der Waals surface area contributed by atoms with Crippen LogP contribution >= 0.6 is 12.6 Å². The lowest BCUT2D eigenvalue weighted by Crippen LogP contribution is -2.50. The number of nitrogens with two attached hydrogens (primary N) is 1. The highest BCUT2D eigenvalue weighted by Gasteiger charge is 2.36. The second-order valence-corrected chi connectivity index (χ2v) is 8.39. The van der Waals surface area contributed by atoms with Gasteiger partial charge in [-0.05, 0) is 6.42 Å². The van der Waals surface area contributed by atoms with Crippen LogP contribution in [0.25, 0.3) is 22.5 Å². The zero-order valence-electron chi connectivity index (χ0n) is 17.9. The Morgan fingerprint density at radius 1 is 1.10 bits per heavy atom. The quantitative estimate of drug-likeness (QED) is 0.536. The predicted octanol–water partition coefficient (Wildman–Crippen LogP) is 4.55. The molecule has 1 aliphatic heterocycles. The Labute approximate surface area is 189 Å². The molecule has 2 N–H and O–H groups in total. The summed E-state index contributed by atoms with van der Waals surface area (Å²) in [6.07, 6.45) is 2.97. The Balaban J connectivity index is 1.86. The summed E-state index contributed by atoms with van der Waals surface area (Å²) < 4.78 is 2.31. The Morgan fingerprint density at radius 3 is 2.35 bits per heavy atom. The van der Waals surface area contributed by atoms with Crippen LogP contribution in [0.15, 0.2) is 60.7 Å². The van der Waals surface area contributed by atoms with E-state index in [1.165, 1.54) is 0 Å². The van der Waals surface area contributed by atoms with Gasteiger partial charge in [-0.25, -0.2) is 4.98 Å². The summed E-state index contributed by atoms with van der Waals surface area (Å²) in [5, 5.41) is 0. The van der Waals surface area contributed by atoms with Crippen LogP contribution in [-0.4, -0.2) is 38.7 Å². The minimum Gasteiger partial charge on any atom is -0.329 e. The fourth-order valence-electron chi connectivity index (χ4n) is 4.38. The average Bonchev–Trinajstić information content (AvgIpc) is 3.22. The fourth-order valence-corrected chi connectivity index (χ4v) is 4.53. The van der Waals surface area contributed by atoms with Crippen LogP contribution in [0.5, 0.6) is 0 Å². The zero-order chi connectivity index (χ0) is 21.8. The number of benzene rings is 2. The minimum absolute atomic E-state index is 0.0344. The smallest absolute Gasteiger partial charge is 0.241 e. The maximum atomic E-state index is 13.1. The molecule has 1 aliphatic rings. The number of thiol groups is 1. The number of unbranched alkanes of at least 4 members (excludes halogenated alkanes) is 1. The van der Waals surface area contributed by atoms with E-state index in [9.17, 15) is 4.79 Å². The Kier molecular flexibility index (Phi) is 6.78. The molecule has 1 aromatic heterocycles. The molecular formula is C25H30N4OS. The fraction of sp³-hybridized carbons (Fsp3) is 0.360. The first-order valence-electron chi connectivity index (χ1n) is 11.0. The first kappa shape index (κ1) is 21.7. The van der Waals surface area contributed by atoms with Gasteiger partial charge in [0.15, 0.2) is 0 Å². The summed E-state index contributed by atoms with van der Waals surface area (Å²) in [5.41, 5.74) is 10.4. The number of rotatable bonds is 7. The SMILES string of the molecule is CCCCC1c2nc(-c3ccccc3)c(-c3ccccc3)n2CCN1C(=O)C(N)CS. The Bertz CT molecular complexity index is 1020. The highest BCUT2D eigenvalue weighted by molar-refractivity contribution is 7.80. The van der Waals surface area contributed by atoms with E-state index in [-0.39, 0.29) is 11.9 Å². The van der Waals surface area contributed by atoms with Gasteiger partial charge in [0.1, 0.15) is 5.82 Å². The number of nitrogens with zero attached hydrogens (tertiary/aromatic N) is 3. The molecule has 3 aromatic rings. The van der Waals surface area contributed by atoms with Crippen LogP contribution in [0.4, 0.5) is 0 Å². The maximum absolute atomic E-state index is 13.1. The van der Waals surface area contributed by atoms with E-state index in [1.807, 2.05) is 29.2 Å². The van der Waals surface area contributed by atoms with E-state index in [4.69, 9.17) is 10.7 Å². The highest BCUT2D eigenvalue weighted by atomic mass is 32.1. The predicted molar refractivity (Wildman–Crippen MR) is 129 cm³/mol. The molecule has 0 bridgehead atoms. The van der Waals surface area contributed by atoms with Gasteiger partial charge in [0.25, 0.3) is 0 Å². The summed E-state index contributed by atoms with van der Waals surface area (Å²) >= 11 is 4.25. The molecule has 0 saturated carbocycles. The molecule has 2 heterocycles. The summed E-state index contributed by atoms with van der Waals surface area (Å²) in [4.78, 5) is 20.2. The van der Waals surface area contributed by atoms with Crippen LogP contribution in [-0.2, 0) is 11.3 Å². The number of hydrogen-bond donors (Lipinski definition) is 2. The third-order valence-electron chi connectivity index (χ3n) is 5.96. The molecule has 6 heteroatoms. The van der Waals surface area contributed by atoms with Crippen molar-refractivity contribution in [2.75, 3.05) is 12.3 Å². The van der Waals surface area contributed by atoms with E-state index in [0.29, 0.717) is 18.8 Å². The summed E-state index contributed by atoms with van der Waals surface area (Å²) in [5.74, 6) is 1.26. The number of fused-ring (bicyclic) bond motifs is 1. The molecule has 0 fully saturated rings. The van der Waals surface area contributed by atoms with E-state index in [1.54, 1.807) is 0 Å². The van der Waals surface area contributed by atoms with Gasteiger partial charge in [-0.3, -0.25) is 4.79 Å². The molecule has 2 atom stereocenters. The first-order chi connectivity index (χ1) is 15.2. The molecule has 31 heavy (non-hydrogen) atoms. The molecule has 0 radical (unpaired) electrons. The molecule has 2 aromatic carbocycles. The first-order valence-corrected chi connectivity index (χ1v) is 11.7. The van der Waals surface area contributed by atoms with E-state index in [0.717, 1.165) is 47.6 Å². The van der Waals surface area contributed by atoms with E-state index < -0.39 is 6.04 Å². The van der Waals surface area contributed by atoms with Crippen molar-refractivity contribution in [3.63, 3.8) is 0 Å². The van der Waals surface area contributed by atoms with Crippen LogP contribution in [0.3, 0.4) is 0 Å². The van der Waals surface area contributed by atoms with Crippen molar-refractivity contribution < 1.29 is 4.79 Å². The highest BCUT2D eigenvalue weighted by Crippen LogP contribution is 2.39. The van der Waals surface area contributed by atoms with Crippen molar-refractivity contribution in [3.8, 4) is 22.5 Å². The van der Waals surface area contributed by atoms with Crippen LogP contribution in [0.2, 0.25) is 0 Å². The molecular weight excluding hydrogens is 404 g/mol. The lowest BCUT2D eigenvalue weighted by molar-refractivity contribution is -0.136. The molecule has 0 saturated heterocycles. The molecule has 2 unspecified atom stereocenters. The van der Waals surface area contributed by atoms with Crippen molar-refractivity contribution >= 4 is 18.5 Å². The van der Waals surface area contributed by atoms with Crippen molar-refractivity contribution in [2.45, 2.75) is 44.8 Å². The van der Waals surface area contributed by atoms with Crippen LogP contribution in [0, 0.1) is 0 Å². The largest absolute Gasteiger partial charge is 0.329 e. The zero-order valence-corrected chi connectivity index (χ0v) is 18.8. The third kappa shape index (κ3) is 4.27. The van der Waals surface area contributed by atoms with Gasteiger partial charge in [0.05, 0.1) is 23.5 Å². The molecule has 1 amide bonds. The van der Waals surface area contributed by atoms with Crippen LogP contribution < -0.4 is 5.73 Å². The van der Waals surface area contributed by atoms with E-state index in [2.05, 4.69) is 60.5 Å². The van der Waals surface area contributed by atoms with E-state index >= 15 is 0 Å². The van der Waals surface area contributed by atoms with Gasteiger partial charge >= 0.3 is 0 Å². The number of imidazole rings is 1. The monoisotopic (exact) mass is 434 g/mol. The van der Waals surface area contributed by atoms with Crippen LogP contribution in [0.1, 0.15) is 38.1 Å². The van der Waals surface area contributed by atoms with Gasteiger partial charge in [0, 0.05) is 30.0 Å². The average molecular weight is 435 g/mol. The van der Waals surface area contributed by atoms with Gasteiger partial charge in [-0.15, -0.1) is 0 Å². The number of carbonyl (C=O) groups excluding carboxylic acids is 1. The van der Waals surface area contributed by atoms with Gasteiger partial charge in [-0.1, -0.05) is 80.4 Å². The topological polar surface area (TPSA) is 64.2 Å². The standard InChI is InChI=1S/C25H30N4OS/c1-2-3-14-21-24-27-22(18-10-6-4-7-11-18)23(19-12-8-5-9-13-19)29(24)16-15-28(21)25(30)20(26)17-31/h4-13,20-21,31H,2-3,14-17,26H2,1H3. The van der Waals surface area contributed by atoms with Gasteiger partial charge < -0.3 is 15.2 Å². The van der Waals surface area contributed by atoms with Crippen molar-refractivity contribution in [3.05, 3.63) is 66.5 Å². The number of amides is 1. The second-order valence-electron chi connectivity index (χ2n) is 8.03. The Morgan fingerprint density at radius 2 is 1.74 bits per heavy atom. The van der Waals surface area contributed by atoms with Crippen molar-refractivity contribution in [1.82, 2.24) is 14.5 Å². The van der Waals surface area contributed by atoms with Gasteiger partial charge in [-0.2, -0.15) is 12.6 Å². The lowest BCUT2D eigenvalue weighted by Gasteiger charge is -2.37. The second kappa shape index (κ2) is 9.71. The lowest BCUT2D eigenvalue weighted by atomic mass is 10.0. The molecule has 4 rings (SSSR count). The summed E-state index contributed by atoms with van der Waals surface area (Å²) in [7, 11) is 0.